The van der Waals surface area contributed by atoms with Crippen molar-refractivity contribution in [3.63, 3.8) is 0 Å². The van der Waals surface area contributed by atoms with Crippen LogP contribution < -0.4 is 5.32 Å². The van der Waals surface area contributed by atoms with Crippen molar-refractivity contribution < 1.29 is 0 Å². The summed E-state index contributed by atoms with van der Waals surface area (Å²) in [7, 11) is 0. The van der Waals surface area contributed by atoms with Crippen molar-refractivity contribution in [2.24, 2.45) is 5.92 Å². The molecule has 0 saturated heterocycles. The van der Waals surface area contributed by atoms with Crippen LogP contribution in [-0.4, -0.2) is 11.5 Å². The molecule has 1 rings (SSSR count). The summed E-state index contributed by atoms with van der Waals surface area (Å²) in [5, 5.41) is 12.3. The van der Waals surface area contributed by atoms with Gasteiger partial charge in [-0.1, -0.05) is 20.8 Å². The van der Waals surface area contributed by atoms with Crippen LogP contribution in [0.4, 0.5) is 0 Å². The average molecular weight is 217 g/mol. The predicted octanol–water partition coefficient (Wildman–Crippen LogP) is 2.26. The molecule has 0 saturated carbocycles. The van der Waals surface area contributed by atoms with Crippen LogP contribution in [-0.2, 0) is 13.0 Å². The minimum atomic E-state index is 0.637. The Balaban J connectivity index is 2.65. The molecule has 0 radical (unpaired) electrons. The second-order valence-corrected chi connectivity index (χ2v) is 4.33. The first-order valence-corrected chi connectivity index (χ1v) is 5.76. The first kappa shape index (κ1) is 12.7. The van der Waals surface area contributed by atoms with E-state index in [9.17, 15) is 0 Å². The van der Waals surface area contributed by atoms with Gasteiger partial charge < -0.3 is 5.32 Å². The largest absolute Gasteiger partial charge is 0.312 e. The second kappa shape index (κ2) is 6.24. The summed E-state index contributed by atoms with van der Waals surface area (Å²) in [6.45, 7) is 8.12. The molecule has 0 atom stereocenters. The van der Waals surface area contributed by atoms with E-state index in [0.717, 1.165) is 30.8 Å². The molecule has 1 aromatic heterocycles. The van der Waals surface area contributed by atoms with Crippen LogP contribution in [0.1, 0.15) is 37.6 Å². The van der Waals surface area contributed by atoms with Crippen molar-refractivity contribution in [1.82, 2.24) is 10.3 Å². The lowest BCUT2D eigenvalue weighted by molar-refractivity contribution is 0.551. The average Bonchev–Trinajstić information content (AvgIpc) is 2.28. The van der Waals surface area contributed by atoms with Crippen molar-refractivity contribution in [3.05, 3.63) is 29.1 Å². The number of hydrogen-bond acceptors (Lipinski definition) is 3. The predicted molar refractivity (Wildman–Crippen MR) is 64.9 cm³/mol. The summed E-state index contributed by atoms with van der Waals surface area (Å²) >= 11 is 0. The van der Waals surface area contributed by atoms with Gasteiger partial charge in [0.2, 0.25) is 0 Å². The van der Waals surface area contributed by atoms with E-state index in [0.29, 0.717) is 11.5 Å². The monoisotopic (exact) mass is 217 g/mol. The fourth-order valence-electron chi connectivity index (χ4n) is 1.52. The molecule has 86 valence electrons. The number of pyridine rings is 1. The molecular formula is C13H19N3. The SMILES string of the molecule is CCc1ncc(CNCC(C)C)cc1C#N. The maximum Gasteiger partial charge on any atom is 0.101 e. The van der Waals surface area contributed by atoms with Crippen molar-refractivity contribution in [3.8, 4) is 6.07 Å². The lowest BCUT2D eigenvalue weighted by Gasteiger charge is -2.08. The molecule has 1 aromatic rings. The lowest BCUT2D eigenvalue weighted by Crippen LogP contribution is -2.19. The van der Waals surface area contributed by atoms with Crippen molar-refractivity contribution in [1.29, 1.82) is 5.26 Å². The summed E-state index contributed by atoms with van der Waals surface area (Å²) < 4.78 is 0. The van der Waals surface area contributed by atoms with Crippen LogP contribution in [0.3, 0.4) is 0 Å². The molecule has 0 aliphatic heterocycles. The quantitative estimate of drug-likeness (QED) is 0.823. The smallest absolute Gasteiger partial charge is 0.101 e. The van der Waals surface area contributed by atoms with E-state index in [1.165, 1.54) is 0 Å². The molecule has 0 unspecified atom stereocenters. The number of aryl methyl sites for hydroxylation is 1. The number of nitriles is 1. The number of rotatable bonds is 5. The molecule has 1 N–H and O–H groups in total. The van der Waals surface area contributed by atoms with Gasteiger partial charge in [-0.2, -0.15) is 5.26 Å². The highest BCUT2D eigenvalue weighted by atomic mass is 14.9. The van der Waals surface area contributed by atoms with Crippen molar-refractivity contribution >= 4 is 0 Å². The summed E-state index contributed by atoms with van der Waals surface area (Å²) in [5.41, 5.74) is 2.66. The minimum absolute atomic E-state index is 0.637. The van der Waals surface area contributed by atoms with Gasteiger partial charge in [0.25, 0.3) is 0 Å². The van der Waals surface area contributed by atoms with E-state index < -0.39 is 0 Å². The molecule has 0 aliphatic carbocycles. The Hall–Kier alpha value is -1.40. The normalized spacial score (nSPS) is 10.4. The van der Waals surface area contributed by atoms with Crippen LogP contribution in [0.25, 0.3) is 0 Å². The number of nitrogens with one attached hydrogen (secondary N) is 1. The lowest BCUT2D eigenvalue weighted by atomic mass is 10.1. The molecule has 3 nitrogen and oxygen atoms in total. The number of aromatic nitrogens is 1. The molecule has 0 aliphatic rings. The first-order valence-electron chi connectivity index (χ1n) is 5.76. The van der Waals surface area contributed by atoms with Gasteiger partial charge in [0.05, 0.1) is 11.3 Å². The van der Waals surface area contributed by atoms with Crippen molar-refractivity contribution in [2.75, 3.05) is 6.54 Å². The molecule has 0 spiro atoms. The third-order valence-corrected chi connectivity index (χ3v) is 2.36. The standard InChI is InChI=1S/C13H19N3/c1-4-13-12(6-14)5-11(9-16-13)8-15-7-10(2)3/h5,9-10,15H,4,7-8H2,1-3H3. The molecule has 0 bridgehead atoms. The van der Waals surface area contributed by atoms with Crippen LogP contribution >= 0.6 is 0 Å². The van der Waals surface area contributed by atoms with Gasteiger partial charge in [-0.25, -0.2) is 0 Å². The number of nitrogens with zero attached hydrogens (tertiary/aromatic N) is 2. The van der Waals surface area contributed by atoms with Gasteiger partial charge in [0.1, 0.15) is 6.07 Å². The molecule has 0 fully saturated rings. The van der Waals surface area contributed by atoms with Gasteiger partial charge in [0, 0.05) is 12.7 Å². The third-order valence-electron chi connectivity index (χ3n) is 2.36. The van der Waals surface area contributed by atoms with E-state index in [1.54, 1.807) is 0 Å². The van der Waals surface area contributed by atoms with Gasteiger partial charge in [-0.3, -0.25) is 4.98 Å². The fourth-order valence-corrected chi connectivity index (χ4v) is 1.52. The van der Waals surface area contributed by atoms with Crippen LogP contribution in [0.5, 0.6) is 0 Å². The molecule has 1 heterocycles. The second-order valence-electron chi connectivity index (χ2n) is 4.33. The minimum Gasteiger partial charge on any atom is -0.312 e. The Morgan fingerprint density at radius 2 is 2.25 bits per heavy atom. The zero-order valence-corrected chi connectivity index (χ0v) is 10.2. The van der Waals surface area contributed by atoms with Gasteiger partial charge in [-0.15, -0.1) is 0 Å². The Bertz CT molecular complexity index is 377. The Morgan fingerprint density at radius 3 is 2.81 bits per heavy atom. The highest BCUT2D eigenvalue weighted by molar-refractivity contribution is 5.35. The topological polar surface area (TPSA) is 48.7 Å². The van der Waals surface area contributed by atoms with E-state index in [-0.39, 0.29) is 0 Å². The molecule has 16 heavy (non-hydrogen) atoms. The molecule has 0 aromatic carbocycles. The van der Waals surface area contributed by atoms with Crippen LogP contribution in [0.15, 0.2) is 12.3 Å². The van der Waals surface area contributed by atoms with Crippen molar-refractivity contribution in [2.45, 2.75) is 33.7 Å². The highest BCUT2D eigenvalue weighted by Gasteiger charge is 2.03. The van der Waals surface area contributed by atoms with Gasteiger partial charge >= 0.3 is 0 Å². The van der Waals surface area contributed by atoms with Crippen LogP contribution in [0, 0.1) is 17.2 Å². The summed E-state index contributed by atoms with van der Waals surface area (Å²) in [6.07, 6.45) is 2.66. The Kier molecular flexibility index (Phi) is 4.94. The summed E-state index contributed by atoms with van der Waals surface area (Å²) in [6, 6.07) is 4.13. The maximum atomic E-state index is 8.98. The van der Waals surface area contributed by atoms with E-state index in [2.05, 4.69) is 30.2 Å². The van der Waals surface area contributed by atoms with Gasteiger partial charge in [0.15, 0.2) is 0 Å². The Morgan fingerprint density at radius 1 is 1.50 bits per heavy atom. The molecule has 0 amide bonds. The Labute approximate surface area is 97.5 Å². The summed E-state index contributed by atoms with van der Waals surface area (Å²) in [5.74, 6) is 0.637. The van der Waals surface area contributed by atoms with E-state index >= 15 is 0 Å². The molecule has 3 heteroatoms. The highest BCUT2D eigenvalue weighted by Crippen LogP contribution is 2.08. The summed E-state index contributed by atoms with van der Waals surface area (Å²) in [4.78, 5) is 4.30. The molecular weight excluding hydrogens is 198 g/mol. The van der Waals surface area contributed by atoms with E-state index in [4.69, 9.17) is 5.26 Å². The maximum absolute atomic E-state index is 8.98. The zero-order chi connectivity index (χ0) is 12.0. The van der Waals surface area contributed by atoms with Crippen LogP contribution in [0.2, 0.25) is 0 Å². The van der Waals surface area contributed by atoms with E-state index in [1.807, 2.05) is 19.2 Å². The third kappa shape index (κ3) is 3.63. The first-order chi connectivity index (χ1) is 7.67. The number of hydrogen-bond donors (Lipinski definition) is 1. The zero-order valence-electron chi connectivity index (χ0n) is 10.2. The van der Waals surface area contributed by atoms with Gasteiger partial charge in [-0.05, 0) is 30.5 Å². The fraction of sp³-hybridized carbons (Fsp3) is 0.538.